The molecule has 4 nitrogen and oxygen atoms in total. The molecule has 0 bridgehead atoms. The molecule has 0 atom stereocenters. The maximum absolute atomic E-state index is 12.8. The van der Waals surface area contributed by atoms with E-state index in [1.165, 1.54) is 18.3 Å². The Morgan fingerprint density at radius 3 is 2.50 bits per heavy atom. The van der Waals surface area contributed by atoms with Crippen molar-refractivity contribution < 1.29 is 13.9 Å². The zero-order valence-electron chi connectivity index (χ0n) is 15.2. The first-order chi connectivity index (χ1) is 13.5. The van der Waals surface area contributed by atoms with Gasteiger partial charge in [-0.1, -0.05) is 35.9 Å². The zero-order valence-corrected chi connectivity index (χ0v) is 15.9. The Hall–Kier alpha value is -3.18. The van der Waals surface area contributed by atoms with Gasteiger partial charge >= 0.3 is 0 Å². The minimum absolute atomic E-state index is 0.323. The monoisotopic (exact) mass is 396 g/mol. The minimum atomic E-state index is -0.334. The molecule has 0 aliphatic carbocycles. The lowest BCUT2D eigenvalue weighted by Gasteiger charge is -2.08. The quantitative estimate of drug-likeness (QED) is 0.464. The van der Waals surface area contributed by atoms with Gasteiger partial charge in [0.15, 0.2) is 0 Å². The number of halogens is 2. The Kier molecular flexibility index (Phi) is 6.40. The lowest BCUT2D eigenvalue weighted by Crippen LogP contribution is -2.17. The lowest BCUT2D eigenvalue weighted by atomic mass is 10.1. The minimum Gasteiger partial charge on any atom is -0.489 e. The van der Waals surface area contributed by atoms with Gasteiger partial charge in [-0.05, 0) is 66.1 Å². The van der Waals surface area contributed by atoms with Crippen molar-refractivity contribution in [1.29, 1.82) is 0 Å². The fraction of sp³-hybridized carbons (Fsp3) is 0.0909. The van der Waals surface area contributed by atoms with E-state index in [-0.39, 0.29) is 11.7 Å². The van der Waals surface area contributed by atoms with Crippen LogP contribution in [0.25, 0.3) is 0 Å². The highest BCUT2D eigenvalue weighted by Crippen LogP contribution is 2.21. The Morgan fingerprint density at radius 1 is 1.11 bits per heavy atom. The van der Waals surface area contributed by atoms with Crippen LogP contribution in [0, 0.1) is 12.7 Å². The molecular formula is C22H18ClFN2O2. The van der Waals surface area contributed by atoms with Crippen molar-refractivity contribution in [2.45, 2.75) is 13.5 Å². The summed E-state index contributed by atoms with van der Waals surface area (Å²) in [5.74, 6) is 0.0782. The second-order valence-electron chi connectivity index (χ2n) is 6.15. The molecule has 0 fully saturated rings. The summed E-state index contributed by atoms with van der Waals surface area (Å²) < 4.78 is 18.6. The topological polar surface area (TPSA) is 50.7 Å². The number of hydrogen-bond acceptors (Lipinski definition) is 3. The van der Waals surface area contributed by atoms with Crippen molar-refractivity contribution in [1.82, 2.24) is 5.43 Å². The number of nitrogens with one attached hydrogen (secondary N) is 1. The van der Waals surface area contributed by atoms with Gasteiger partial charge in [0.2, 0.25) is 0 Å². The van der Waals surface area contributed by atoms with Crippen LogP contribution < -0.4 is 10.2 Å². The van der Waals surface area contributed by atoms with Crippen LogP contribution in [0.3, 0.4) is 0 Å². The molecule has 1 amide bonds. The van der Waals surface area contributed by atoms with E-state index in [1.54, 1.807) is 30.3 Å². The van der Waals surface area contributed by atoms with E-state index >= 15 is 0 Å². The van der Waals surface area contributed by atoms with Crippen LogP contribution >= 0.6 is 11.6 Å². The van der Waals surface area contributed by atoms with Crippen LogP contribution in [-0.2, 0) is 6.61 Å². The van der Waals surface area contributed by atoms with Crippen LogP contribution in [0.5, 0.6) is 5.75 Å². The summed E-state index contributed by atoms with van der Waals surface area (Å²) in [6.07, 6.45) is 1.45. The molecular weight excluding hydrogens is 379 g/mol. The van der Waals surface area contributed by atoms with Gasteiger partial charge in [0, 0.05) is 10.6 Å². The van der Waals surface area contributed by atoms with Crippen LogP contribution in [-0.4, -0.2) is 12.1 Å². The van der Waals surface area contributed by atoms with Crippen LogP contribution in [0.1, 0.15) is 27.0 Å². The summed E-state index contributed by atoms with van der Waals surface area (Å²) in [6, 6.07) is 18.3. The average Bonchev–Trinajstić information content (AvgIpc) is 2.70. The summed E-state index contributed by atoms with van der Waals surface area (Å²) in [5, 5.41) is 4.58. The number of nitrogens with zero attached hydrogens (tertiary/aromatic N) is 1. The van der Waals surface area contributed by atoms with Gasteiger partial charge in [-0.25, -0.2) is 9.82 Å². The molecule has 0 aromatic heterocycles. The molecule has 28 heavy (non-hydrogen) atoms. The van der Waals surface area contributed by atoms with Gasteiger partial charge in [-0.15, -0.1) is 0 Å². The summed E-state index contributed by atoms with van der Waals surface area (Å²) in [4.78, 5) is 12.1. The third-order valence-electron chi connectivity index (χ3n) is 4.00. The highest BCUT2D eigenvalue weighted by atomic mass is 35.5. The summed E-state index contributed by atoms with van der Waals surface area (Å²) in [5.41, 5.74) is 5.49. The van der Waals surface area contributed by atoms with Crippen molar-refractivity contribution in [3.63, 3.8) is 0 Å². The van der Waals surface area contributed by atoms with Gasteiger partial charge in [-0.2, -0.15) is 5.10 Å². The first kappa shape index (κ1) is 19.6. The van der Waals surface area contributed by atoms with Crippen molar-refractivity contribution in [3.8, 4) is 5.75 Å². The average molecular weight is 397 g/mol. The highest BCUT2D eigenvalue weighted by molar-refractivity contribution is 6.31. The molecule has 3 rings (SSSR count). The van der Waals surface area contributed by atoms with Crippen molar-refractivity contribution in [3.05, 3.63) is 99.8 Å². The van der Waals surface area contributed by atoms with Crippen molar-refractivity contribution >= 4 is 23.7 Å². The Balaban J connectivity index is 1.53. The van der Waals surface area contributed by atoms with E-state index < -0.39 is 0 Å². The summed E-state index contributed by atoms with van der Waals surface area (Å²) >= 11 is 6.00. The van der Waals surface area contributed by atoms with Crippen molar-refractivity contribution in [2.75, 3.05) is 0 Å². The maximum Gasteiger partial charge on any atom is 0.271 e. The Bertz CT molecular complexity index is 986. The molecule has 0 heterocycles. The number of rotatable bonds is 6. The SMILES string of the molecule is Cc1cc(OCc2ccc(C(=O)N/N=C\c3ccc(F)cc3)cc2)ccc1Cl. The molecule has 0 unspecified atom stereocenters. The van der Waals surface area contributed by atoms with E-state index in [1.807, 2.05) is 31.2 Å². The normalized spacial score (nSPS) is 10.8. The molecule has 3 aromatic rings. The maximum atomic E-state index is 12.8. The number of hydrogen-bond donors (Lipinski definition) is 1. The van der Waals surface area contributed by atoms with E-state index in [0.29, 0.717) is 22.8 Å². The molecule has 142 valence electrons. The smallest absolute Gasteiger partial charge is 0.271 e. The molecule has 1 N–H and O–H groups in total. The first-order valence-electron chi connectivity index (χ1n) is 8.58. The number of amides is 1. The summed E-state index contributed by atoms with van der Waals surface area (Å²) in [6.45, 7) is 2.30. The van der Waals surface area contributed by atoms with Gasteiger partial charge in [0.25, 0.3) is 5.91 Å². The fourth-order valence-electron chi connectivity index (χ4n) is 2.40. The summed E-state index contributed by atoms with van der Waals surface area (Å²) in [7, 11) is 0. The molecule has 3 aromatic carbocycles. The second kappa shape index (κ2) is 9.15. The van der Waals surface area contributed by atoms with Gasteiger partial charge in [0.05, 0.1) is 6.21 Å². The molecule has 0 radical (unpaired) electrons. The number of hydrazone groups is 1. The van der Waals surface area contributed by atoms with Gasteiger partial charge in [-0.3, -0.25) is 4.79 Å². The standard InChI is InChI=1S/C22H18ClFN2O2/c1-15-12-20(10-11-21(15)23)28-14-17-2-6-18(7-3-17)22(27)26-25-13-16-4-8-19(24)9-5-16/h2-13H,14H2,1H3,(H,26,27)/b25-13-. The zero-order chi connectivity index (χ0) is 19.9. The Morgan fingerprint density at radius 2 is 1.82 bits per heavy atom. The number of ether oxygens (including phenoxy) is 1. The molecule has 0 saturated heterocycles. The van der Waals surface area contributed by atoms with Crippen LogP contribution in [0.2, 0.25) is 5.02 Å². The van der Waals surface area contributed by atoms with Crippen LogP contribution in [0.4, 0.5) is 4.39 Å². The van der Waals surface area contributed by atoms with Gasteiger partial charge in [0.1, 0.15) is 18.2 Å². The third-order valence-corrected chi connectivity index (χ3v) is 4.42. The molecule has 0 spiro atoms. The molecule has 0 aliphatic rings. The molecule has 6 heteroatoms. The van der Waals surface area contributed by atoms with Crippen LogP contribution in [0.15, 0.2) is 71.8 Å². The van der Waals surface area contributed by atoms with Gasteiger partial charge < -0.3 is 4.74 Å². The predicted octanol–water partition coefficient (Wildman–Crippen LogP) is 5.13. The highest BCUT2D eigenvalue weighted by Gasteiger charge is 2.05. The third kappa shape index (κ3) is 5.41. The van der Waals surface area contributed by atoms with E-state index in [2.05, 4.69) is 10.5 Å². The number of benzene rings is 3. The number of carbonyl (C=O) groups excluding carboxylic acids is 1. The van der Waals surface area contributed by atoms with E-state index in [4.69, 9.17) is 16.3 Å². The number of aryl methyl sites for hydroxylation is 1. The molecule has 0 aliphatic heterocycles. The second-order valence-corrected chi connectivity index (χ2v) is 6.55. The van der Waals surface area contributed by atoms with E-state index in [0.717, 1.165) is 16.9 Å². The lowest BCUT2D eigenvalue weighted by molar-refractivity contribution is 0.0955. The van der Waals surface area contributed by atoms with Crippen molar-refractivity contribution in [2.24, 2.45) is 5.10 Å². The first-order valence-corrected chi connectivity index (χ1v) is 8.96. The number of carbonyl (C=O) groups is 1. The van der Waals surface area contributed by atoms with E-state index in [9.17, 15) is 9.18 Å². The predicted molar refractivity (Wildman–Crippen MR) is 108 cm³/mol. The fourth-order valence-corrected chi connectivity index (χ4v) is 2.52. The largest absolute Gasteiger partial charge is 0.489 e. The Labute approximate surface area is 167 Å². The molecule has 0 saturated carbocycles.